The second kappa shape index (κ2) is 8.88. The molecule has 4 nitrogen and oxygen atoms in total. The number of aromatic nitrogens is 4. The fourth-order valence-electron chi connectivity index (χ4n) is 6.42. The first kappa shape index (κ1) is 23.0. The maximum Gasteiger partial charge on any atom is 0.235 e. The Bertz CT molecular complexity index is 2470. The molecule has 0 N–H and O–H groups in total. The van der Waals surface area contributed by atoms with Gasteiger partial charge in [-0.2, -0.15) is 0 Å². The Morgan fingerprint density at radius 2 is 1.24 bits per heavy atom. The number of benzene rings is 6. The molecule has 9 aromatic rings. The molecule has 0 spiro atoms. The molecule has 9 rings (SSSR count). The highest BCUT2D eigenvalue weighted by molar-refractivity contribution is 6.20. The molecule has 0 aliphatic rings. The predicted molar refractivity (Wildman–Crippen MR) is 174 cm³/mol. The lowest BCUT2D eigenvalue weighted by Gasteiger charge is -2.12. The Labute approximate surface area is 241 Å². The van der Waals surface area contributed by atoms with E-state index in [2.05, 4.69) is 149 Å². The first-order chi connectivity index (χ1) is 20.8. The summed E-state index contributed by atoms with van der Waals surface area (Å²) in [4.78, 5) is 10.5. The number of nitrogens with zero attached hydrogens (tertiary/aromatic N) is 4. The van der Waals surface area contributed by atoms with Crippen LogP contribution in [0.5, 0.6) is 0 Å². The average molecular weight is 537 g/mol. The van der Waals surface area contributed by atoms with Gasteiger partial charge < -0.3 is 4.57 Å². The van der Waals surface area contributed by atoms with Crippen LogP contribution in [0.3, 0.4) is 0 Å². The lowest BCUT2D eigenvalue weighted by molar-refractivity contribution is 1.01. The Morgan fingerprint density at radius 3 is 2.14 bits per heavy atom. The molecule has 196 valence electrons. The van der Waals surface area contributed by atoms with Crippen LogP contribution in [0.1, 0.15) is 0 Å². The molecule has 0 amide bonds. The van der Waals surface area contributed by atoms with Crippen LogP contribution in [0.2, 0.25) is 0 Å². The molecule has 3 heterocycles. The maximum atomic E-state index is 5.31. The van der Waals surface area contributed by atoms with Gasteiger partial charge in [-0.1, -0.05) is 97.1 Å². The van der Waals surface area contributed by atoms with Crippen LogP contribution >= 0.6 is 0 Å². The van der Waals surface area contributed by atoms with Crippen molar-refractivity contribution >= 4 is 54.4 Å². The van der Waals surface area contributed by atoms with E-state index < -0.39 is 0 Å². The van der Waals surface area contributed by atoms with Gasteiger partial charge in [-0.05, 0) is 53.2 Å². The summed E-state index contributed by atoms with van der Waals surface area (Å²) >= 11 is 0. The van der Waals surface area contributed by atoms with Gasteiger partial charge in [0, 0.05) is 39.0 Å². The van der Waals surface area contributed by atoms with Crippen LogP contribution in [0, 0.1) is 0 Å². The third-order valence-corrected chi connectivity index (χ3v) is 8.34. The fourth-order valence-corrected chi connectivity index (χ4v) is 6.42. The second-order valence-corrected chi connectivity index (χ2v) is 10.7. The van der Waals surface area contributed by atoms with Crippen LogP contribution in [0.25, 0.3) is 77.3 Å². The number of hydrogen-bond donors (Lipinski definition) is 0. The highest BCUT2D eigenvalue weighted by atomic mass is 15.2. The lowest BCUT2D eigenvalue weighted by atomic mass is 10.0. The number of hydrogen-bond acceptors (Lipinski definition) is 2. The summed E-state index contributed by atoms with van der Waals surface area (Å²) in [7, 11) is 0. The molecule has 42 heavy (non-hydrogen) atoms. The van der Waals surface area contributed by atoms with Crippen LogP contribution < -0.4 is 0 Å². The highest BCUT2D eigenvalue weighted by Crippen LogP contribution is 2.38. The molecule has 0 bridgehead atoms. The van der Waals surface area contributed by atoms with Gasteiger partial charge >= 0.3 is 0 Å². The zero-order valence-electron chi connectivity index (χ0n) is 22.6. The van der Waals surface area contributed by atoms with E-state index in [0.29, 0.717) is 5.95 Å². The van der Waals surface area contributed by atoms with Crippen LogP contribution in [-0.4, -0.2) is 19.1 Å². The van der Waals surface area contributed by atoms with Gasteiger partial charge in [0.05, 0.1) is 27.8 Å². The SMILES string of the molecule is c1ccc(-n2ccc3ccc4c(c5ccccc5n4-c4nc(-c5ccc6ccccc6c5)c5ccccc5n4)c32)cc1. The van der Waals surface area contributed by atoms with E-state index in [1.54, 1.807) is 0 Å². The predicted octanol–water partition coefficient (Wildman–Crippen LogP) is 9.49. The van der Waals surface area contributed by atoms with Gasteiger partial charge in [0.15, 0.2) is 0 Å². The zero-order valence-corrected chi connectivity index (χ0v) is 22.6. The van der Waals surface area contributed by atoms with Gasteiger partial charge in [0.2, 0.25) is 5.95 Å². The first-order valence-electron chi connectivity index (χ1n) is 14.2. The van der Waals surface area contributed by atoms with E-state index in [1.165, 1.54) is 32.4 Å². The molecule has 0 aliphatic carbocycles. The minimum Gasteiger partial charge on any atom is -0.316 e. The van der Waals surface area contributed by atoms with Crippen molar-refractivity contribution in [1.29, 1.82) is 0 Å². The van der Waals surface area contributed by atoms with Crippen molar-refractivity contribution in [2.24, 2.45) is 0 Å². The van der Waals surface area contributed by atoms with E-state index in [9.17, 15) is 0 Å². The fraction of sp³-hybridized carbons (Fsp3) is 0. The van der Waals surface area contributed by atoms with Crippen molar-refractivity contribution in [3.63, 3.8) is 0 Å². The molecule has 0 atom stereocenters. The van der Waals surface area contributed by atoms with E-state index in [4.69, 9.17) is 9.97 Å². The summed E-state index contributed by atoms with van der Waals surface area (Å²) < 4.78 is 4.51. The molecule has 0 saturated heterocycles. The third kappa shape index (κ3) is 3.36. The van der Waals surface area contributed by atoms with Crippen LogP contribution in [-0.2, 0) is 0 Å². The summed E-state index contributed by atoms with van der Waals surface area (Å²) in [6.45, 7) is 0. The van der Waals surface area contributed by atoms with Crippen molar-refractivity contribution in [2.45, 2.75) is 0 Å². The van der Waals surface area contributed by atoms with Gasteiger partial charge in [-0.15, -0.1) is 0 Å². The largest absolute Gasteiger partial charge is 0.316 e. The molecule has 0 unspecified atom stereocenters. The zero-order chi connectivity index (χ0) is 27.6. The third-order valence-electron chi connectivity index (χ3n) is 8.34. The van der Waals surface area contributed by atoms with Gasteiger partial charge in [0.1, 0.15) is 0 Å². The first-order valence-corrected chi connectivity index (χ1v) is 14.2. The number of para-hydroxylation sites is 3. The lowest BCUT2D eigenvalue weighted by Crippen LogP contribution is -2.03. The molecule has 6 aromatic carbocycles. The molecule has 3 aromatic heterocycles. The number of fused-ring (bicyclic) bond motifs is 7. The normalized spacial score (nSPS) is 11.8. The smallest absolute Gasteiger partial charge is 0.235 e. The highest BCUT2D eigenvalue weighted by Gasteiger charge is 2.20. The quantitative estimate of drug-likeness (QED) is 0.225. The Balaban J connectivity index is 1.38. The average Bonchev–Trinajstić information content (AvgIpc) is 3.64. The monoisotopic (exact) mass is 536 g/mol. The standard InChI is InChI=1S/C38H24N4/c1-2-12-29(13-3-1)41-23-22-26-20-21-34-35(37(26)41)31-15-7-9-17-33(31)42(34)38-39-32-16-8-6-14-30(32)36(40-38)28-19-18-25-10-4-5-11-27(25)24-28/h1-24H. The van der Waals surface area contributed by atoms with E-state index in [1.807, 2.05) is 6.07 Å². The van der Waals surface area contributed by atoms with Crippen molar-refractivity contribution < 1.29 is 0 Å². The van der Waals surface area contributed by atoms with Crippen molar-refractivity contribution in [2.75, 3.05) is 0 Å². The summed E-state index contributed by atoms with van der Waals surface area (Å²) in [6.07, 6.45) is 2.16. The molecule has 0 aliphatic heterocycles. The van der Waals surface area contributed by atoms with Gasteiger partial charge in [0.25, 0.3) is 0 Å². The summed E-state index contributed by atoms with van der Waals surface area (Å²) in [5, 5.41) is 7.02. The van der Waals surface area contributed by atoms with Gasteiger partial charge in [-0.25, -0.2) is 9.97 Å². The second-order valence-electron chi connectivity index (χ2n) is 10.7. The molecule has 0 fully saturated rings. The topological polar surface area (TPSA) is 35.6 Å². The molecule has 4 heteroatoms. The van der Waals surface area contributed by atoms with E-state index in [-0.39, 0.29) is 0 Å². The van der Waals surface area contributed by atoms with E-state index >= 15 is 0 Å². The van der Waals surface area contributed by atoms with Gasteiger partial charge in [-0.3, -0.25) is 4.57 Å². The minimum atomic E-state index is 0.667. The van der Waals surface area contributed by atoms with Crippen molar-refractivity contribution in [3.05, 3.63) is 146 Å². The summed E-state index contributed by atoms with van der Waals surface area (Å²) in [5.41, 5.74) is 7.42. The maximum absolute atomic E-state index is 5.31. The molecular weight excluding hydrogens is 512 g/mol. The summed E-state index contributed by atoms with van der Waals surface area (Å²) in [5.74, 6) is 0.667. The molecule has 0 saturated carbocycles. The van der Waals surface area contributed by atoms with Crippen LogP contribution in [0.4, 0.5) is 0 Å². The minimum absolute atomic E-state index is 0.667. The Kier molecular flexibility index (Phi) is 4.87. The van der Waals surface area contributed by atoms with Crippen LogP contribution in [0.15, 0.2) is 146 Å². The Hall–Kier alpha value is -5.74. The molecular formula is C38H24N4. The van der Waals surface area contributed by atoms with Crippen molar-refractivity contribution in [1.82, 2.24) is 19.1 Å². The van der Waals surface area contributed by atoms with Crippen molar-refractivity contribution in [3.8, 4) is 22.9 Å². The molecule has 0 radical (unpaired) electrons. The van der Waals surface area contributed by atoms with E-state index in [0.717, 1.165) is 38.9 Å². The number of rotatable bonds is 3. The Morgan fingerprint density at radius 1 is 0.500 bits per heavy atom. The summed E-state index contributed by atoms with van der Waals surface area (Å²) in [6, 6.07) is 49.1.